The molecule has 2 bridgehead atoms. The first-order valence-electron chi connectivity index (χ1n) is 7.34. The van der Waals surface area contributed by atoms with Crippen LogP contribution in [0.4, 0.5) is 5.69 Å². The number of carboxylic acids is 1. The fourth-order valence-electron chi connectivity index (χ4n) is 3.50. The first kappa shape index (κ1) is 14.8. The molecule has 116 valence electrons. The van der Waals surface area contributed by atoms with Gasteiger partial charge in [-0.05, 0) is 31.9 Å². The van der Waals surface area contributed by atoms with Gasteiger partial charge in [0.15, 0.2) is 0 Å². The molecule has 2 N–H and O–H groups in total. The highest BCUT2D eigenvalue weighted by molar-refractivity contribution is 5.97. The zero-order valence-corrected chi connectivity index (χ0v) is 12.8. The topological polar surface area (TPSA) is 75.6 Å². The maximum atomic E-state index is 12.6. The molecular weight excluding hydrogens is 282 g/mol. The molecule has 1 saturated heterocycles. The number of hydrogen-bond donors (Lipinski definition) is 2. The lowest BCUT2D eigenvalue weighted by Gasteiger charge is -2.22. The van der Waals surface area contributed by atoms with Crippen LogP contribution in [0.1, 0.15) is 16.7 Å². The Balaban J connectivity index is 1.86. The Morgan fingerprint density at radius 3 is 2.14 bits per heavy atom. The van der Waals surface area contributed by atoms with Gasteiger partial charge in [-0.25, -0.2) is 0 Å². The van der Waals surface area contributed by atoms with Crippen LogP contribution in [-0.2, 0) is 14.3 Å². The minimum Gasteiger partial charge on any atom is -0.481 e. The highest BCUT2D eigenvalue weighted by Gasteiger charge is 2.53. The van der Waals surface area contributed by atoms with E-state index >= 15 is 0 Å². The molecule has 22 heavy (non-hydrogen) atoms. The number of amides is 1. The van der Waals surface area contributed by atoms with Gasteiger partial charge in [0.2, 0.25) is 5.91 Å². The van der Waals surface area contributed by atoms with E-state index in [0.717, 1.165) is 22.4 Å². The van der Waals surface area contributed by atoms with E-state index in [2.05, 4.69) is 5.32 Å². The molecule has 1 fully saturated rings. The molecule has 2 heterocycles. The van der Waals surface area contributed by atoms with E-state index in [-0.39, 0.29) is 5.91 Å². The largest absolute Gasteiger partial charge is 0.481 e. The number of fused-ring (bicyclic) bond motifs is 2. The third-order valence-corrected chi connectivity index (χ3v) is 4.41. The summed E-state index contributed by atoms with van der Waals surface area (Å²) >= 11 is 0. The summed E-state index contributed by atoms with van der Waals surface area (Å²) in [6.07, 6.45) is 2.56. The Morgan fingerprint density at radius 2 is 1.59 bits per heavy atom. The number of nitrogens with one attached hydrogen (secondary N) is 1. The van der Waals surface area contributed by atoms with Gasteiger partial charge in [-0.1, -0.05) is 29.8 Å². The van der Waals surface area contributed by atoms with Crippen LogP contribution in [0.5, 0.6) is 0 Å². The number of anilines is 1. The molecule has 1 aromatic rings. The molecule has 5 heteroatoms. The van der Waals surface area contributed by atoms with Gasteiger partial charge in [-0.15, -0.1) is 0 Å². The Morgan fingerprint density at radius 1 is 1.05 bits per heavy atom. The second-order valence-corrected chi connectivity index (χ2v) is 6.10. The quantitative estimate of drug-likeness (QED) is 0.839. The number of carbonyl (C=O) groups is 2. The highest BCUT2D eigenvalue weighted by Crippen LogP contribution is 2.40. The molecule has 5 nitrogen and oxygen atoms in total. The van der Waals surface area contributed by atoms with Gasteiger partial charge in [-0.3, -0.25) is 9.59 Å². The van der Waals surface area contributed by atoms with Crippen molar-refractivity contribution >= 4 is 17.6 Å². The van der Waals surface area contributed by atoms with Crippen molar-refractivity contribution in [3.05, 3.63) is 41.0 Å². The van der Waals surface area contributed by atoms with Crippen molar-refractivity contribution in [2.75, 3.05) is 5.32 Å². The number of carboxylic acid groups (broad SMARTS) is 1. The van der Waals surface area contributed by atoms with Gasteiger partial charge in [0.25, 0.3) is 0 Å². The molecule has 1 aromatic carbocycles. The lowest BCUT2D eigenvalue weighted by Crippen LogP contribution is -2.39. The van der Waals surface area contributed by atoms with Crippen LogP contribution in [-0.4, -0.2) is 29.2 Å². The molecular formula is C17H19NO4. The van der Waals surface area contributed by atoms with Crippen molar-refractivity contribution < 1.29 is 19.4 Å². The average molecular weight is 301 g/mol. The Bertz CT molecular complexity index is 656. The third kappa shape index (κ3) is 2.31. The van der Waals surface area contributed by atoms with E-state index in [9.17, 15) is 14.7 Å². The molecule has 1 amide bonds. The monoisotopic (exact) mass is 301 g/mol. The Labute approximate surface area is 129 Å². The lowest BCUT2D eigenvalue weighted by molar-refractivity contribution is -0.145. The summed E-state index contributed by atoms with van der Waals surface area (Å²) in [4.78, 5) is 24.1. The summed E-state index contributed by atoms with van der Waals surface area (Å²) in [5, 5.41) is 12.3. The second kappa shape index (κ2) is 5.25. The van der Waals surface area contributed by atoms with Gasteiger partial charge in [-0.2, -0.15) is 0 Å². The van der Waals surface area contributed by atoms with Crippen LogP contribution in [0, 0.1) is 32.6 Å². The summed E-state index contributed by atoms with van der Waals surface area (Å²) < 4.78 is 5.54. The van der Waals surface area contributed by atoms with Crippen molar-refractivity contribution in [3.8, 4) is 0 Å². The van der Waals surface area contributed by atoms with E-state index in [0.29, 0.717) is 0 Å². The van der Waals surface area contributed by atoms with E-state index < -0.39 is 30.0 Å². The van der Waals surface area contributed by atoms with E-state index in [1.165, 1.54) is 0 Å². The fraction of sp³-hybridized carbons (Fsp3) is 0.412. The summed E-state index contributed by atoms with van der Waals surface area (Å²) in [5.74, 6) is -2.79. The molecule has 0 saturated carbocycles. The molecule has 0 spiro atoms. The molecule has 0 radical (unpaired) electrons. The van der Waals surface area contributed by atoms with Crippen LogP contribution >= 0.6 is 0 Å². The fourth-order valence-corrected chi connectivity index (χ4v) is 3.50. The van der Waals surface area contributed by atoms with E-state index in [1.54, 1.807) is 12.2 Å². The second-order valence-electron chi connectivity index (χ2n) is 6.10. The van der Waals surface area contributed by atoms with Gasteiger partial charge in [0.1, 0.15) is 5.92 Å². The maximum absolute atomic E-state index is 12.6. The summed E-state index contributed by atoms with van der Waals surface area (Å²) in [6.45, 7) is 5.86. The normalized spacial score (nSPS) is 28.9. The van der Waals surface area contributed by atoms with Crippen molar-refractivity contribution in [1.82, 2.24) is 0 Å². The maximum Gasteiger partial charge on any atom is 0.310 e. The van der Waals surface area contributed by atoms with Crippen LogP contribution in [0.3, 0.4) is 0 Å². The zero-order valence-electron chi connectivity index (χ0n) is 12.8. The Kier molecular flexibility index (Phi) is 3.53. The van der Waals surface area contributed by atoms with Crippen molar-refractivity contribution in [3.63, 3.8) is 0 Å². The van der Waals surface area contributed by atoms with Crippen molar-refractivity contribution in [1.29, 1.82) is 0 Å². The molecule has 0 unspecified atom stereocenters. The van der Waals surface area contributed by atoms with Gasteiger partial charge >= 0.3 is 5.97 Å². The van der Waals surface area contributed by atoms with E-state index in [4.69, 9.17) is 4.74 Å². The smallest absolute Gasteiger partial charge is 0.310 e. The van der Waals surface area contributed by atoms with E-state index in [1.807, 2.05) is 32.9 Å². The molecule has 2 aliphatic rings. The van der Waals surface area contributed by atoms with Gasteiger partial charge < -0.3 is 15.2 Å². The minimum absolute atomic E-state index is 0.292. The van der Waals surface area contributed by atoms with Crippen molar-refractivity contribution in [2.24, 2.45) is 11.8 Å². The molecule has 2 aliphatic heterocycles. The molecule has 3 rings (SSSR count). The summed E-state index contributed by atoms with van der Waals surface area (Å²) in [5.41, 5.74) is 3.82. The minimum atomic E-state index is -0.991. The van der Waals surface area contributed by atoms with Crippen LogP contribution < -0.4 is 5.32 Å². The number of rotatable bonds is 3. The third-order valence-electron chi connectivity index (χ3n) is 4.41. The molecule has 0 aromatic heterocycles. The first-order valence-corrected chi connectivity index (χ1v) is 7.34. The zero-order chi connectivity index (χ0) is 16.0. The highest BCUT2D eigenvalue weighted by atomic mass is 16.5. The number of ether oxygens (including phenoxy) is 1. The van der Waals surface area contributed by atoms with Crippen molar-refractivity contribution in [2.45, 2.75) is 33.0 Å². The predicted molar refractivity (Wildman–Crippen MR) is 81.7 cm³/mol. The summed E-state index contributed by atoms with van der Waals surface area (Å²) in [6, 6.07) is 3.99. The SMILES string of the molecule is Cc1cc(C)c(NC(=O)[C@@H]2[C@@H](C(=O)O)[C@H]3C=C[C@@H]2O3)c(C)c1. The molecule has 4 atom stereocenters. The number of aliphatic carboxylic acids is 1. The lowest BCUT2D eigenvalue weighted by atomic mass is 9.82. The standard InChI is InChI=1S/C17H19NO4/c1-8-6-9(2)15(10(3)7-8)18-16(19)13-11-4-5-12(22-11)14(13)17(20)21/h4-7,11-14H,1-3H3,(H,18,19)(H,20,21)/t11-,12+,13-,14-/m0/s1. The number of hydrogen-bond acceptors (Lipinski definition) is 3. The Hall–Kier alpha value is -2.14. The van der Waals surface area contributed by atoms with Crippen LogP contribution in [0.25, 0.3) is 0 Å². The van der Waals surface area contributed by atoms with Crippen LogP contribution in [0.15, 0.2) is 24.3 Å². The number of benzene rings is 1. The molecule has 0 aliphatic carbocycles. The predicted octanol–water partition coefficient (Wildman–Crippen LogP) is 2.20. The van der Waals surface area contributed by atoms with Gasteiger partial charge in [0, 0.05) is 5.69 Å². The number of carbonyl (C=O) groups excluding carboxylic acids is 1. The average Bonchev–Trinajstić information content (AvgIpc) is 3.02. The van der Waals surface area contributed by atoms with Gasteiger partial charge in [0.05, 0.1) is 18.1 Å². The van der Waals surface area contributed by atoms with Crippen LogP contribution in [0.2, 0.25) is 0 Å². The first-order chi connectivity index (χ1) is 10.4. The summed E-state index contributed by atoms with van der Waals surface area (Å²) in [7, 11) is 0. The number of aryl methyl sites for hydroxylation is 3.